The molecule has 0 spiro atoms. The Balaban J connectivity index is 1.67. The Kier molecular flexibility index (Phi) is 8.52. The first-order chi connectivity index (χ1) is 20.7. The Morgan fingerprint density at radius 2 is 1.80 bits per heavy atom. The van der Waals surface area contributed by atoms with E-state index in [9.17, 15) is 26.4 Å². The van der Waals surface area contributed by atoms with E-state index in [4.69, 9.17) is 0 Å². The van der Waals surface area contributed by atoms with Crippen LogP contribution in [0.3, 0.4) is 0 Å². The fourth-order valence-corrected chi connectivity index (χ4v) is 6.32. The zero-order valence-electron chi connectivity index (χ0n) is 24.1. The van der Waals surface area contributed by atoms with E-state index in [-0.39, 0.29) is 22.0 Å². The number of aryl methyl sites for hydroxylation is 1. The average molecular weight is 694 g/mol. The van der Waals surface area contributed by atoms with Crippen LogP contribution >= 0.6 is 15.9 Å². The zero-order chi connectivity index (χ0) is 32.0. The maximum atomic E-state index is 13.7. The number of likely N-dealkylation sites (N-methyl/N-ethyl adjacent to an activating group) is 1. The highest BCUT2D eigenvalue weighted by Crippen LogP contribution is 2.33. The van der Waals surface area contributed by atoms with Crippen LogP contribution in [0, 0.1) is 6.92 Å². The molecule has 0 bridgehead atoms. The van der Waals surface area contributed by atoms with Crippen LogP contribution in [0.15, 0.2) is 58.3 Å². The minimum atomic E-state index is -4.58. The normalized spacial score (nSPS) is 13.2. The van der Waals surface area contributed by atoms with Gasteiger partial charge in [-0.2, -0.15) is 13.2 Å². The molecule has 0 saturated carbocycles. The summed E-state index contributed by atoms with van der Waals surface area (Å²) in [7, 11) is -0.355. The lowest BCUT2D eigenvalue weighted by molar-refractivity contribution is -0.140. The van der Waals surface area contributed by atoms with Crippen molar-refractivity contribution >= 4 is 54.1 Å². The van der Waals surface area contributed by atoms with Gasteiger partial charge in [-0.1, -0.05) is 17.7 Å². The molecule has 16 heteroatoms. The summed E-state index contributed by atoms with van der Waals surface area (Å²) in [5, 5.41) is 2.37. The summed E-state index contributed by atoms with van der Waals surface area (Å²) < 4.78 is 69.1. The summed E-state index contributed by atoms with van der Waals surface area (Å²) in [6.07, 6.45) is 0.0977. The Morgan fingerprint density at radius 3 is 2.45 bits per heavy atom. The van der Waals surface area contributed by atoms with Crippen LogP contribution in [0.25, 0.3) is 33.6 Å². The predicted molar refractivity (Wildman–Crippen MR) is 162 cm³/mol. The molecule has 1 unspecified atom stereocenters. The molecule has 5 rings (SSSR count). The molecule has 1 atom stereocenters. The first-order valence-electron chi connectivity index (χ1n) is 13.4. The maximum absolute atomic E-state index is 13.7. The minimum Gasteiger partial charge on any atom is -0.345 e. The van der Waals surface area contributed by atoms with E-state index < -0.39 is 34.7 Å². The number of aromatic nitrogens is 6. The third-order valence-electron chi connectivity index (χ3n) is 6.92. The van der Waals surface area contributed by atoms with Gasteiger partial charge < -0.3 is 14.8 Å². The number of imidazole rings is 1. The van der Waals surface area contributed by atoms with E-state index >= 15 is 0 Å². The standard InChI is InChI=1S/C28H28BrF3N8O3S/c1-16-5-7-19(8-6-16)44(42,43)39-14-21(20-11-18(29)12-34-25(20)39)24-33-13-22-26(37-24)40(23(36-22)9-10-38(3)4)17(2)27(41)35-15-28(30,31)32/h5-8,11-14,17H,9-10,15H2,1-4H3,(H,35,41). The van der Waals surface area contributed by atoms with Gasteiger partial charge in [-0.3, -0.25) is 4.79 Å². The highest BCUT2D eigenvalue weighted by atomic mass is 79.9. The largest absolute Gasteiger partial charge is 0.405 e. The number of nitrogens with zero attached hydrogens (tertiary/aromatic N) is 7. The van der Waals surface area contributed by atoms with Crippen molar-refractivity contribution in [3.63, 3.8) is 0 Å². The lowest BCUT2D eigenvalue weighted by atomic mass is 10.2. The second kappa shape index (κ2) is 11.9. The van der Waals surface area contributed by atoms with E-state index in [2.05, 4.69) is 35.9 Å². The molecule has 4 heterocycles. The number of amides is 1. The minimum absolute atomic E-state index is 0.0648. The summed E-state index contributed by atoms with van der Waals surface area (Å²) in [4.78, 5) is 32.9. The Bertz CT molecular complexity index is 1970. The Hall–Kier alpha value is -3.89. The molecule has 0 radical (unpaired) electrons. The van der Waals surface area contributed by atoms with Crippen LogP contribution in [0.4, 0.5) is 13.2 Å². The van der Waals surface area contributed by atoms with Crippen molar-refractivity contribution in [2.75, 3.05) is 27.2 Å². The van der Waals surface area contributed by atoms with Gasteiger partial charge >= 0.3 is 6.18 Å². The highest BCUT2D eigenvalue weighted by molar-refractivity contribution is 9.10. The van der Waals surface area contributed by atoms with Gasteiger partial charge in [0.15, 0.2) is 17.1 Å². The predicted octanol–water partition coefficient (Wildman–Crippen LogP) is 4.49. The lowest BCUT2D eigenvalue weighted by Gasteiger charge is -2.18. The molecular weight excluding hydrogens is 665 g/mol. The van der Waals surface area contributed by atoms with Crippen molar-refractivity contribution in [3.8, 4) is 11.4 Å². The molecule has 232 valence electrons. The van der Waals surface area contributed by atoms with Crippen LogP contribution in [0.1, 0.15) is 24.4 Å². The molecule has 5 aromatic rings. The first kappa shape index (κ1) is 31.5. The van der Waals surface area contributed by atoms with E-state index in [1.54, 1.807) is 18.2 Å². The Morgan fingerprint density at radius 1 is 1.09 bits per heavy atom. The molecule has 1 amide bonds. The van der Waals surface area contributed by atoms with Gasteiger partial charge in [0.2, 0.25) is 5.91 Å². The molecule has 11 nitrogen and oxygen atoms in total. The van der Waals surface area contributed by atoms with Crippen molar-refractivity contribution in [2.45, 2.75) is 37.4 Å². The number of nitrogens with one attached hydrogen (secondary N) is 1. The molecule has 1 N–H and O–H groups in total. The smallest absolute Gasteiger partial charge is 0.345 e. The number of pyridine rings is 1. The van der Waals surface area contributed by atoms with Crippen molar-refractivity contribution < 1.29 is 26.4 Å². The third-order valence-corrected chi connectivity index (χ3v) is 9.01. The monoisotopic (exact) mass is 692 g/mol. The summed E-state index contributed by atoms with van der Waals surface area (Å²) in [5.74, 6) is -0.311. The number of fused-ring (bicyclic) bond motifs is 2. The SMILES string of the molecule is Cc1ccc(S(=O)(=O)n2cc(-c3ncc4nc(CCN(C)C)n(C(C)C(=O)NCC(F)(F)F)c4n3)c3cc(Br)cnc32)cc1. The average Bonchev–Trinajstić information content (AvgIpc) is 3.52. The van der Waals surface area contributed by atoms with Crippen LogP contribution in [-0.4, -0.2) is 81.1 Å². The van der Waals surface area contributed by atoms with Crippen molar-refractivity contribution in [2.24, 2.45) is 0 Å². The Labute approximate surface area is 259 Å². The molecule has 0 aliphatic carbocycles. The van der Waals surface area contributed by atoms with Crippen LogP contribution in [-0.2, 0) is 21.2 Å². The van der Waals surface area contributed by atoms with Gasteiger partial charge in [-0.25, -0.2) is 32.3 Å². The molecule has 0 aliphatic heterocycles. The summed E-state index contributed by atoms with van der Waals surface area (Å²) in [5.41, 5.74) is 1.92. The second-order valence-electron chi connectivity index (χ2n) is 10.5. The molecule has 0 aliphatic rings. The van der Waals surface area contributed by atoms with E-state index in [1.165, 1.54) is 42.2 Å². The second-order valence-corrected chi connectivity index (χ2v) is 13.3. The van der Waals surface area contributed by atoms with Gasteiger partial charge in [0, 0.05) is 40.8 Å². The quantitative estimate of drug-likeness (QED) is 0.239. The van der Waals surface area contributed by atoms with Crippen molar-refractivity contribution in [1.82, 2.24) is 38.7 Å². The van der Waals surface area contributed by atoms with Crippen molar-refractivity contribution in [1.29, 1.82) is 0 Å². The number of benzene rings is 1. The number of alkyl halides is 3. The van der Waals surface area contributed by atoms with Crippen LogP contribution < -0.4 is 5.32 Å². The topological polar surface area (TPSA) is 128 Å². The van der Waals surface area contributed by atoms with Gasteiger partial charge in [0.1, 0.15) is 23.9 Å². The number of hydrogen-bond donors (Lipinski definition) is 1. The lowest BCUT2D eigenvalue weighted by Crippen LogP contribution is -2.38. The summed E-state index contributed by atoms with van der Waals surface area (Å²) in [6, 6.07) is 7.01. The van der Waals surface area contributed by atoms with E-state index in [0.29, 0.717) is 39.7 Å². The molecule has 1 aromatic carbocycles. The number of rotatable bonds is 9. The molecule has 0 fully saturated rings. The number of carbonyl (C=O) groups excluding carboxylic acids is 1. The zero-order valence-corrected chi connectivity index (χ0v) is 26.5. The first-order valence-corrected chi connectivity index (χ1v) is 15.6. The van der Waals surface area contributed by atoms with E-state index in [1.807, 2.05) is 31.2 Å². The van der Waals surface area contributed by atoms with Gasteiger partial charge in [-0.05, 0) is 62.1 Å². The van der Waals surface area contributed by atoms with Gasteiger partial charge in [-0.15, -0.1) is 0 Å². The molecular formula is C28H28BrF3N8O3S. The molecule has 0 saturated heterocycles. The number of carbonyl (C=O) groups is 1. The van der Waals surface area contributed by atoms with Gasteiger partial charge in [0.25, 0.3) is 10.0 Å². The third kappa shape index (κ3) is 6.32. The fourth-order valence-electron chi connectivity index (χ4n) is 4.67. The summed E-state index contributed by atoms with van der Waals surface area (Å²) >= 11 is 3.39. The maximum Gasteiger partial charge on any atom is 0.405 e. The van der Waals surface area contributed by atoms with E-state index in [0.717, 1.165) is 9.54 Å². The summed E-state index contributed by atoms with van der Waals surface area (Å²) in [6.45, 7) is 2.38. The number of halogens is 4. The molecule has 4 aromatic heterocycles. The van der Waals surface area contributed by atoms with Crippen molar-refractivity contribution in [3.05, 3.63) is 64.8 Å². The van der Waals surface area contributed by atoms with Crippen LogP contribution in [0.5, 0.6) is 0 Å². The van der Waals surface area contributed by atoms with Crippen LogP contribution in [0.2, 0.25) is 0 Å². The molecule has 44 heavy (non-hydrogen) atoms. The van der Waals surface area contributed by atoms with Gasteiger partial charge in [0.05, 0.1) is 11.1 Å². The fraction of sp³-hybridized carbons (Fsp3) is 0.321. The highest BCUT2D eigenvalue weighted by Gasteiger charge is 2.31. The number of hydrogen-bond acceptors (Lipinski definition) is 8.